The first-order valence-corrected chi connectivity index (χ1v) is 4.74. The number of rotatable bonds is 4. The molecule has 0 aliphatic heterocycles. The Kier molecular flexibility index (Phi) is 3.86. The molecule has 0 radical (unpaired) electrons. The first-order chi connectivity index (χ1) is 5.24. The Morgan fingerprint density at radius 1 is 1.42 bits per heavy atom. The van der Waals surface area contributed by atoms with Crippen molar-refractivity contribution in [1.29, 1.82) is 0 Å². The van der Waals surface area contributed by atoms with Crippen molar-refractivity contribution in [1.82, 2.24) is 0 Å². The number of carbonyl (C=O) groups is 1. The van der Waals surface area contributed by atoms with Crippen LogP contribution in [0.2, 0.25) is 0 Å². The zero-order chi connectivity index (χ0) is 9.94. The fraction of sp³-hybridized carbons (Fsp3) is 0.800. The number of carboxylic acid groups (broad SMARTS) is 1. The van der Waals surface area contributed by atoms with Crippen LogP contribution in [-0.4, -0.2) is 27.0 Å². The summed E-state index contributed by atoms with van der Waals surface area (Å²) in [4.78, 5) is 26.9. The van der Waals surface area contributed by atoms with Crippen LogP contribution < -0.4 is 0 Å². The molecule has 0 fully saturated rings. The van der Waals surface area contributed by atoms with E-state index in [4.69, 9.17) is 14.9 Å². The first kappa shape index (κ1) is 11.6. The van der Waals surface area contributed by atoms with Crippen molar-refractivity contribution in [2.45, 2.75) is 20.0 Å². The molecule has 0 spiro atoms. The van der Waals surface area contributed by atoms with Crippen molar-refractivity contribution in [2.75, 3.05) is 0 Å². The van der Waals surface area contributed by atoms with Crippen molar-refractivity contribution >= 4 is 13.8 Å². The van der Waals surface area contributed by atoms with Crippen LogP contribution in [0.5, 0.6) is 0 Å². The molecule has 2 unspecified atom stereocenters. The minimum Gasteiger partial charge on any atom is -0.481 e. The van der Waals surface area contributed by atoms with Gasteiger partial charge < -0.3 is 14.9 Å². The van der Waals surface area contributed by atoms with E-state index in [0.717, 1.165) is 0 Å². The lowest BCUT2D eigenvalue weighted by Crippen LogP contribution is -2.24. The van der Waals surface area contributed by atoms with Gasteiger partial charge in [0.1, 0.15) is 0 Å². The summed E-state index contributed by atoms with van der Waals surface area (Å²) in [7, 11) is -4.58. The molecular weight excluding hydrogens is 187 g/mol. The Bertz CT molecular complexity index is 208. The fourth-order valence-corrected chi connectivity index (χ4v) is 1.12. The molecule has 0 saturated carbocycles. The van der Waals surface area contributed by atoms with E-state index in [0.29, 0.717) is 0 Å². The predicted molar refractivity (Wildman–Crippen MR) is 39.4 cm³/mol. The van der Waals surface area contributed by atoms with E-state index in [1.807, 2.05) is 0 Å². The Morgan fingerprint density at radius 3 is 2.08 bits per heavy atom. The maximum Gasteiger partial charge on any atom is 0.469 e. The van der Waals surface area contributed by atoms with Crippen molar-refractivity contribution in [3.63, 3.8) is 0 Å². The van der Waals surface area contributed by atoms with E-state index in [1.54, 1.807) is 0 Å². The normalized spacial score (nSPS) is 17.0. The molecule has 0 rings (SSSR count). The fourth-order valence-electron chi connectivity index (χ4n) is 0.509. The van der Waals surface area contributed by atoms with Gasteiger partial charge in [0.05, 0.1) is 12.0 Å². The third-order valence-corrected chi connectivity index (χ3v) is 2.00. The molecule has 0 aliphatic carbocycles. The highest BCUT2D eigenvalue weighted by molar-refractivity contribution is 7.46. The molecule has 0 heterocycles. The van der Waals surface area contributed by atoms with Crippen LogP contribution in [0.4, 0.5) is 0 Å². The van der Waals surface area contributed by atoms with E-state index < -0.39 is 25.8 Å². The van der Waals surface area contributed by atoms with E-state index in [2.05, 4.69) is 4.52 Å². The summed E-state index contributed by atoms with van der Waals surface area (Å²) >= 11 is 0. The molecule has 3 N–H and O–H groups in total. The monoisotopic (exact) mass is 198 g/mol. The highest BCUT2D eigenvalue weighted by atomic mass is 31.2. The average Bonchev–Trinajstić information content (AvgIpc) is 1.82. The molecule has 7 heteroatoms. The van der Waals surface area contributed by atoms with Gasteiger partial charge in [0.25, 0.3) is 0 Å². The highest BCUT2D eigenvalue weighted by Crippen LogP contribution is 2.38. The van der Waals surface area contributed by atoms with Gasteiger partial charge in [-0.3, -0.25) is 9.32 Å². The third-order valence-electron chi connectivity index (χ3n) is 1.40. The predicted octanol–water partition coefficient (Wildman–Crippen LogP) is 0.205. The zero-order valence-electron chi connectivity index (χ0n) is 6.67. The number of phosphoric acid groups is 1. The van der Waals surface area contributed by atoms with Gasteiger partial charge in [-0.15, -0.1) is 0 Å². The van der Waals surface area contributed by atoms with Crippen LogP contribution in [-0.2, 0) is 13.9 Å². The standard InChI is InChI=1S/C5H11O6P/c1-3(5(6)7)4(2)11-12(8,9)10/h3-4H,1-2H3,(H,6,7)(H2,8,9,10). The molecule has 12 heavy (non-hydrogen) atoms. The van der Waals surface area contributed by atoms with Crippen LogP contribution in [0, 0.1) is 5.92 Å². The van der Waals surface area contributed by atoms with Gasteiger partial charge in [-0.2, -0.15) is 0 Å². The maximum atomic E-state index is 10.3. The molecule has 0 aromatic carbocycles. The van der Waals surface area contributed by atoms with E-state index in [-0.39, 0.29) is 0 Å². The Hall–Kier alpha value is -0.420. The first-order valence-electron chi connectivity index (χ1n) is 3.21. The molecule has 0 aliphatic rings. The molecular formula is C5H11O6P. The summed E-state index contributed by atoms with van der Waals surface area (Å²) in [5.41, 5.74) is 0. The van der Waals surface area contributed by atoms with Crippen molar-refractivity contribution in [3.05, 3.63) is 0 Å². The van der Waals surface area contributed by atoms with Crippen molar-refractivity contribution in [3.8, 4) is 0 Å². The van der Waals surface area contributed by atoms with E-state index >= 15 is 0 Å². The average molecular weight is 198 g/mol. The number of aliphatic carboxylic acids is 1. The molecule has 0 bridgehead atoms. The minimum atomic E-state index is -4.58. The summed E-state index contributed by atoms with van der Waals surface area (Å²) in [6.45, 7) is 2.60. The lowest BCUT2D eigenvalue weighted by atomic mass is 10.1. The summed E-state index contributed by atoms with van der Waals surface area (Å²) < 4.78 is 14.4. The Balaban J connectivity index is 4.13. The highest BCUT2D eigenvalue weighted by Gasteiger charge is 2.27. The van der Waals surface area contributed by atoms with Gasteiger partial charge in [-0.05, 0) is 13.8 Å². The maximum absolute atomic E-state index is 10.3. The quantitative estimate of drug-likeness (QED) is 0.557. The van der Waals surface area contributed by atoms with Gasteiger partial charge in [0.15, 0.2) is 0 Å². The lowest BCUT2D eigenvalue weighted by molar-refractivity contribution is -0.144. The van der Waals surface area contributed by atoms with Crippen LogP contribution >= 0.6 is 7.82 Å². The minimum absolute atomic E-state index is 0.947. The smallest absolute Gasteiger partial charge is 0.469 e. The van der Waals surface area contributed by atoms with Gasteiger partial charge in [-0.1, -0.05) is 0 Å². The van der Waals surface area contributed by atoms with E-state index in [1.165, 1.54) is 13.8 Å². The van der Waals surface area contributed by atoms with Crippen LogP contribution in [0.25, 0.3) is 0 Å². The topological polar surface area (TPSA) is 104 Å². The summed E-state index contributed by atoms with van der Waals surface area (Å²) in [5, 5.41) is 8.42. The summed E-state index contributed by atoms with van der Waals surface area (Å²) in [5.74, 6) is -2.10. The molecule has 0 aromatic heterocycles. The number of carboxylic acids is 1. The number of hydrogen-bond donors (Lipinski definition) is 3. The Morgan fingerprint density at radius 2 is 1.83 bits per heavy atom. The van der Waals surface area contributed by atoms with Crippen LogP contribution in [0.3, 0.4) is 0 Å². The van der Waals surface area contributed by atoms with Gasteiger partial charge >= 0.3 is 13.8 Å². The number of hydrogen-bond acceptors (Lipinski definition) is 3. The second-order valence-corrected chi connectivity index (χ2v) is 3.62. The van der Waals surface area contributed by atoms with Crippen LogP contribution in [0.1, 0.15) is 13.8 Å². The second kappa shape index (κ2) is 4.00. The zero-order valence-corrected chi connectivity index (χ0v) is 7.56. The largest absolute Gasteiger partial charge is 0.481 e. The Labute approximate surface area is 69.4 Å². The third kappa shape index (κ3) is 4.46. The summed E-state index contributed by atoms with van der Waals surface area (Å²) in [6, 6.07) is 0. The lowest BCUT2D eigenvalue weighted by Gasteiger charge is -2.16. The van der Waals surface area contributed by atoms with Gasteiger partial charge in [0, 0.05) is 0 Å². The molecule has 0 saturated heterocycles. The second-order valence-electron chi connectivity index (χ2n) is 2.43. The van der Waals surface area contributed by atoms with E-state index in [9.17, 15) is 9.36 Å². The molecule has 6 nitrogen and oxygen atoms in total. The molecule has 0 amide bonds. The number of phosphoric ester groups is 1. The van der Waals surface area contributed by atoms with Gasteiger partial charge in [0.2, 0.25) is 0 Å². The molecule has 0 aromatic rings. The molecule has 72 valence electrons. The molecule has 2 atom stereocenters. The summed E-state index contributed by atoms with van der Waals surface area (Å²) in [6.07, 6.45) is -1.01. The van der Waals surface area contributed by atoms with Crippen molar-refractivity contribution in [2.24, 2.45) is 5.92 Å². The van der Waals surface area contributed by atoms with Crippen molar-refractivity contribution < 1.29 is 28.8 Å². The van der Waals surface area contributed by atoms with Crippen LogP contribution in [0.15, 0.2) is 0 Å². The van der Waals surface area contributed by atoms with Gasteiger partial charge in [-0.25, -0.2) is 4.57 Å². The SMILES string of the molecule is CC(OP(=O)(O)O)C(C)C(=O)O.